The molecule has 1 N–H and O–H groups in total. The van der Waals surface area contributed by atoms with E-state index in [1.165, 1.54) is 4.68 Å². The first-order valence-corrected chi connectivity index (χ1v) is 9.08. The summed E-state index contributed by atoms with van der Waals surface area (Å²) >= 11 is 0. The Balaban J connectivity index is 1.76. The van der Waals surface area contributed by atoms with Gasteiger partial charge in [0.05, 0.1) is 22.5 Å². The van der Waals surface area contributed by atoms with Crippen molar-refractivity contribution in [2.45, 2.75) is 13.0 Å². The summed E-state index contributed by atoms with van der Waals surface area (Å²) in [5.74, 6) is -0.437. The molecule has 1 aromatic heterocycles. The van der Waals surface area contributed by atoms with Crippen molar-refractivity contribution in [3.63, 3.8) is 0 Å². The molecule has 0 aliphatic heterocycles. The molecule has 5 heteroatoms. The van der Waals surface area contributed by atoms with Crippen molar-refractivity contribution in [3.8, 4) is 0 Å². The molecule has 1 unspecified atom stereocenters. The predicted molar refractivity (Wildman–Crippen MR) is 106 cm³/mol. The lowest BCUT2D eigenvalue weighted by molar-refractivity contribution is 0.0980. The van der Waals surface area contributed by atoms with Crippen molar-refractivity contribution >= 4 is 22.5 Å². The third kappa shape index (κ3) is 2.16. The summed E-state index contributed by atoms with van der Waals surface area (Å²) in [5, 5.41) is 3.51. The van der Waals surface area contributed by atoms with Gasteiger partial charge in [0.15, 0.2) is 11.6 Å². The van der Waals surface area contributed by atoms with Crippen LogP contribution in [-0.4, -0.2) is 21.3 Å². The lowest BCUT2D eigenvalue weighted by atomic mass is 9.83. The number of aromatic amines is 1. The van der Waals surface area contributed by atoms with Gasteiger partial charge in [-0.05, 0) is 24.6 Å². The zero-order chi connectivity index (χ0) is 19.4. The van der Waals surface area contributed by atoms with Crippen LogP contribution in [-0.2, 0) is 0 Å². The highest BCUT2D eigenvalue weighted by Crippen LogP contribution is 2.31. The maximum atomic E-state index is 13.1. The smallest absolute Gasteiger partial charge is 0.274 e. The SMILES string of the molecule is CC(c1ccccc1)n1[nH]c2c3c(ccc2c1=O)C(=O)c1ccccc1C3=O. The van der Waals surface area contributed by atoms with Crippen molar-refractivity contribution in [2.24, 2.45) is 0 Å². The van der Waals surface area contributed by atoms with E-state index < -0.39 is 0 Å². The second kappa shape index (κ2) is 5.89. The van der Waals surface area contributed by atoms with Gasteiger partial charge in [-0.1, -0.05) is 54.6 Å². The summed E-state index contributed by atoms with van der Waals surface area (Å²) in [4.78, 5) is 39.0. The molecule has 0 fully saturated rings. The molecule has 136 valence electrons. The molecule has 28 heavy (non-hydrogen) atoms. The minimum Gasteiger partial charge on any atom is -0.294 e. The van der Waals surface area contributed by atoms with Crippen LogP contribution in [0, 0.1) is 0 Å². The first kappa shape index (κ1) is 16.4. The molecule has 5 nitrogen and oxygen atoms in total. The first-order chi connectivity index (χ1) is 13.6. The molecule has 3 aromatic carbocycles. The number of hydrogen-bond donors (Lipinski definition) is 1. The molecule has 0 amide bonds. The predicted octanol–water partition coefficient (Wildman–Crippen LogP) is 3.71. The molecule has 1 aliphatic carbocycles. The van der Waals surface area contributed by atoms with Crippen LogP contribution in [0.1, 0.15) is 50.4 Å². The van der Waals surface area contributed by atoms with Gasteiger partial charge in [-0.25, -0.2) is 4.68 Å². The van der Waals surface area contributed by atoms with Gasteiger partial charge in [0.1, 0.15) is 0 Å². The largest absolute Gasteiger partial charge is 0.294 e. The minimum absolute atomic E-state index is 0.197. The molecular formula is C23H16N2O3. The molecule has 0 saturated carbocycles. The summed E-state index contributed by atoms with van der Waals surface area (Å²) in [6.07, 6.45) is 0. The summed E-state index contributed by atoms with van der Waals surface area (Å²) in [5.41, 5.74) is 2.55. The zero-order valence-corrected chi connectivity index (χ0v) is 15.1. The van der Waals surface area contributed by atoms with Crippen LogP contribution in [0.2, 0.25) is 0 Å². The molecule has 1 heterocycles. The van der Waals surface area contributed by atoms with E-state index in [2.05, 4.69) is 5.10 Å². The Labute approximate surface area is 160 Å². The van der Waals surface area contributed by atoms with Crippen LogP contribution in [0.3, 0.4) is 0 Å². The normalized spacial score (nSPS) is 14.0. The van der Waals surface area contributed by atoms with Gasteiger partial charge in [-0.3, -0.25) is 19.5 Å². The number of aromatic nitrogens is 2. The van der Waals surface area contributed by atoms with Gasteiger partial charge in [-0.15, -0.1) is 0 Å². The minimum atomic E-state index is -0.239. The lowest BCUT2D eigenvalue weighted by Crippen LogP contribution is -2.21. The quantitative estimate of drug-likeness (QED) is 0.516. The van der Waals surface area contributed by atoms with E-state index >= 15 is 0 Å². The third-order valence-electron chi connectivity index (χ3n) is 5.44. The number of carbonyl (C=O) groups is 2. The number of nitrogens with one attached hydrogen (secondary N) is 1. The van der Waals surface area contributed by atoms with Crippen molar-refractivity contribution in [3.05, 3.63) is 105 Å². The van der Waals surface area contributed by atoms with Crippen molar-refractivity contribution in [1.82, 2.24) is 9.78 Å². The molecule has 4 aromatic rings. The summed E-state index contributed by atoms with van der Waals surface area (Å²) < 4.78 is 1.51. The van der Waals surface area contributed by atoms with E-state index in [1.807, 2.05) is 37.3 Å². The van der Waals surface area contributed by atoms with Crippen LogP contribution in [0.25, 0.3) is 10.9 Å². The highest BCUT2D eigenvalue weighted by atomic mass is 16.1. The van der Waals surface area contributed by atoms with Gasteiger partial charge in [-0.2, -0.15) is 0 Å². The molecule has 5 rings (SSSR count). The van der Waals surface area contributed by atoms with Gasteiger partial charge in [0.25, 0.3) is 5.56 Å². The number of fused-ring (bicyclic) bond motifs is 4. The zero-order valence-electron chi connectivity index (χ0n) is 15.1. The van der Waals surface area contributed by atoms with Gasteiger partial charge < -0.3 is 0 Å². The van der Waals surface area contributed by atoms with E-state index in [0.717, 1.165) is 5.56 Å². The molecule has 0 radical (unpaired) electrons. The Kier molecular flexibility index (Phi) is 3.46. The Morgan fingerprint density at radius 1 is 0.750 bits per heavy atom. The third-order valence-corrected chi connectivity index (χ3v) is 5.44. The molecule has 1 aliphatic rings. The van der Waals surface area contributed by atoms with Gasteiger partial charge >= 0.3 is 0 Å². The Morgan fingerprint density at radius 3 is 2.11 bits per heavy atom. The summed E-state index contributed by atoms with van der Waals surface area (Å²) in [6, 6.07) is 19.4. The number of rotatable bonds is 2. The fraction of sp³-hybridized carbons (Fsp3) is 0.0870. The fourth-order valence-electron chi connectivity index (χ4n) is 3.94. The highest BCUT2D eigenvalue weighted by Gasteiger charge is 2.32. The number of nitrogens with zero attached hydrogens (tertiary/aromatic N) is 1. The Bertz CT molecular complexity index is 1330. The maximum Gasteiger partial charge on any atom is 0.274 e. The van der Waals surface area contributed by atoms with Crippen LogP contribution in [0.4, 0.5) is 0 Å². The molecule has 0 spiro atoms. The summed E-state index contributed by atoms with van der Waals surface area (Å²) in [7, 11) is 0. The van der Waals surface area contributed by atoms with Crippen LogP contribution in [0.15, 0.2) is 71.5 Å². The molecule has 0 bridgehead atoms. The van der Waals surface area contributed by atoms with Gasteiger partial charge in [0.2, 0.25) is 0 Å². The van der Waals surface area contributed by atoms with Crippen LogP contribution in [0.5, 0.6) is 0 Å². The lowest BCUT2D eigenvalue weighted by Gasteiger charge is -2.17. The Morgan fingerprint density at radius 2 is 1.39 bits per heavy atom. The maximum absolute atomic E-state index is 13.1. The van der Waals surface area contributed by atoms with Crippen LogP contribution < -0.4 is 5.56 Å². The first-order valence-electron chi connectivity index (χ1n) is 9.08. The fourth-order valence-corrected chi connectivity index (χ4v) is 3.94. The van der Waals surface area contributed by atoms with Crippen molar-refractivity contribution in [2.75, 3.05) is 0 Å². The number of H-pyrrole nitrogens is 1. The van der Waals surface area contributed by atoms with E-state index in [-0.39, 0.29) is 28.7 Å². The highest BCUT2D eigenvalue weighted by molar-refractivity contribution is 6.31. The van der Waals surface area contributed by atoms with E-state index in [9.17, 15) is 14.4 Å². The molecule has 0 saturated heterocycles. The van der Waals surface area contributed by atoms with E-state index in [4.69, 9.17) is 0 Å². The van der Waals surface area contributed by atoms with Gasteiger partial charge in [0, 0.05) is 16.7 Å². The molecular weight excluding hydrogens is 352 g/mol. The monoisotopic (exact) mass is 368 g/mol. The average Bonchev–Trinajstić information content (AvgIpc) is 3.08. The number of benzene rings is 3. The standard InChI is InChI=1S/C23H16N2O3/c1-13(14-7-3-2-4-8-14)25-23(28)18-12-11-17-19(20(18)24-25)22(27)16-10-6-5-9-15(16)21(17)26/h2-13,24H,1H3. The van der Waals surface area contributed by atoms with Crippen molar-refractivity contribution in [1.29, 1.82) is 0 Å². The summed E-state index contributed by atoms with van der Waals surface area (Å²) in [6.45, 7) is 1.92. The number of ketones is 2. The Hall–Kier alpha value is -3.73. The van der Waals surface area contributed by atoms with Crippen LogP contribution >= 0.6 is 0 Å². The van der Waals surface area contributed by atoms with E-state index in [0.29, 0.717) is 27.6 Å². The number of hydrogen-bond acceptors (Lipinski definition) is 3. The van der Waals surface area contributed by atoms with Crippen molar-refractivity contribution < 1.29 is 9.59 Å². The number of carbonyl (C=O) groups excluding carboxylic acids is 2. The second-order valence-electron chi connectivity index (χ2n) is 6.99. The van der Waals surface area contributed by atoms with E-state index in [1.54, 1.807) is 36.4 Å². The average molecular weight is 368 g/mol. The molecule has 1 atom stereocenters. The second-order valence-corrected chi connectivity index (χ2v) is 6.99. The topological polar surface area (TPSA) is 71.9 Å².